The van der Waals surface area contributed by atoms with Gasteiger partial charge in [-0.3, -0.25) is 5.10 Å². The molecular weight excluding hydrogens is 190 g/mol. The van der Waals surface area contributed by atoms with Crippen LogP contribution in [0.1, 0.15) is 0 Å². The molecule has 68 valence electrons. The van der Waals surface area contributed by atoms with Gasteiger partial charge in [0.15, 0.2) is 5.15 Å². The Morgan fingerprint density at radius 3 is 2.85 bits per heavy atom. The molecular formula is C7H8ClN5. The molecule has 2 rings (SSSR count). The number of anilines is 1. The lowest BCUT2D eigenvalue weighted by molar-refractivity contribution is 0.913. The Bertz CT molecular complexity index is 410. The van der Waals surface area contributed by atoms with Crippen LogP contribution >= 0.6 is 11.6 Å². The summed E-state index contributed by atoms with van der Waals surface area (Å²) in [6.07, 6.45) is 1.63. The average molecular weight is 198 g/mol. The molecule has 0 aliphatic heterocycles. The molecule has 13 heavy (non-hydrogen) atoms. The van der Waals surface area contributed by atoms with Crippen LogP contribution in [0.15, 0.2) is 12.4 Å². The van der Waals surface area contributed by atoms with Crippen LogP contribution < -0.4 is 5.73 Å². The minimum absolute atomic E-state index is 0.436. The summed E-state index contributed by atoms with van der Waals surface area (Å²) in [4.78, 5) is 3.94. The Hall–Kier alpha value is -1.49. The molecule has 3 N–H and O–H groups in total. The largest absolute Gasteiger partial charge is 0.382 e. The zero-order valence-electron chi connectivity index (χ0n) is 6.95. The van der Waals surface area contributed by atoms with Crippen LogP contribution in [0, 0.1) is 0 Å². The van der Waals surface area contributed by atoms with E-state index >= 15 is 0 Å². The highest BCUT2D eigenvalue weighted by molar-refractivity contribution is 6.31. The summed E-state index contributed by atoms with van der Waals surface area (Å²) >= 11 is 5.87. The Morgan fingerprint density at radius 1 is 1.62 bits per heavy atom. The maximum absolute atomic E-state index is 5.87. The number of nitrogen functional groups attached to an aromatic ring is 1. The van der Waals surface area contributed by atoms with E-state index in [2.05, 4.69) is 15.2 Å². The number of hydrogen-bond acceptors (Lipinski definition) is 3. The van der Waals surface area contributed by atoms with E-state index in [-0.39, 0.29) is 0 Å². The van der Waals surface area contributed by atoms with Gasteiger partial charge in [-0.25, -0.2) is 4.98 Å². The van der Waals surface area contributed by atoms with Gasteiger partial charge >= 0.3 is 0 Å². The molecule has 0 fully saturated rings. The number of imidazole rings is 1. The number of rotatable bonds is 1. The fraction of sp³-hybridized carbons (Fsp3) is 0.143. The van der Waals surface area contributed by atoms with Gasteiger partial charge in [-0.05, 0) is 0 Å². The number of nitrogens with two attached hydrogens (primary N) is 1. The zero-order valence-corrected chi connectivity index (χ0v) is 7.71. The minimum atomic E-state index is 0.436. The van der Waals surface area contributed by atoms with Crippen molar-refractivity contribution in [2.75, 3.05) is 5.73 Å². The highest BCUT2D eigenvalue weighted by Crippen LogP contribution is 2.24. The number of nitrogens with zero attached hydrogens (tertiary/aromatic N) is 3. The molecule has 0 atom stereocenters. The zero-order chi connectivity index (χ0) is 9.42. The maximum atomic E-state index is 5.87. The lowest BCUT2D eigenvalue weighted by Gasteiger charge is -1.97. The summed E-state index contributed by atoms with van der Waals surface area (Å²) < 4.78 is 1.80. The van der Waals surface area contributed by atoms with Crippen molar-refractivity contribution in [2.45, 2.75) is 0 Å². The van der Waals surface area contributed by atoms with E-state index in [4.69, 9.17) is 17.3 Å². The topological polar surface area (TPSA) is 72.5 Å². The first kappa shape index (κ1) is 8.12. The Balaban J connectivity index is 2.57. The second-order valence-electron chi connectivity index (χ2n) is 2.70. The molecule has 0 saturated carbocycles. The van der Waals surface area contributed by atoms with Crippen LogP contribution in [0.5, 0.6) is 0 Å². The molecule has 0 aliphatic carbocycles. The van der Waals surface area contributed by atoms with Gasteiger partial charge in [-0.1, -0.05) is 11.6 Å². The third-order valence-corrected chi connectivity index (χ3v) is 2.02. The van der Waals surface area contributed by atoms with Crippen LogP contribution in [0.3, 0.4) is 0 Å². The number of hydrogen-bond donors (Lipinski definition) is 2. The van der Waals surface area contributed by atoms with Gasteiger partial charge in [0.2, 0.25) is 0 Å². The van der Waals surface area contributed by atoms with Gasteiger partial charge in [0.25, 0.3) is 0 Å². The van der Waals surface area contributed by atoms with Crippen LogP contribution in [-0.4, -0.2) is 19.7 Å². The summed E-state index contributed by atoms with van der Waals surface area (Å²) in [6, 6.07) is 1.71. The first-order valence-corrected chi connectivity index (χ1v) is 4.04. The van der Waals surface area contributed by atoms with E-state index in [0.29, 0.717) is 11.0 Å². The molecule has 2 aromatic rings. The molecule has 0 spiro atoms. The van der Waals surface area contributed by atoms with Crippen molar-refractivity contribution in [1.29, 1.82) is 0 Å². The summed E-state index contributed by atoms with van der Waals surface area (Å²) in [6.45, 7) is 0. The van der Waals surface area contributed by atoms with Gasteiger partial charge in [0.05, 0.1) is 12.0 Å². The number of halogens is 1. The van der Waals surface area contributed by atoms with Crippen molar-refractivity contribution in [3.63, 3.8) is 0 Å². The Kier molecular flexibility index (Phi) is 1.73. The SMILES string of the molecule is Cn1cnc(Cl)c1-c1cc(N)n[nH]1. The fourth-order valence-electron chi connectivity index (χ4n) is 1.16. The van der Waals surface area contributed by atoms with E-state index in [1.165, 1.54) is 0 Å². The number of H-pyrrole nitrogens is 1. The summed E-state index contributed by atoms with van der Waals surface area (Å²) in [5.74, 6) is 0.437. The van der Waals surface area contributed by atoms with Crippen LogP contribution in [-0.2, 0) is 7.05 Å². The quantitative estimate of drug-likeness (QED) is 0.718. The van der Waals surface area contributed by atoms with E-state index in [1.54, 1.807) is 17.0 Å². The van der Waals surface area contributed by atoms with Crippen molar-refractivity contribution in [3.05, 3.63) is 17.5 Å². The Morgan fingerprint density at radius 2 is 2.38 bits per heavy atom. The molecule has 0 amide bonds. The molecule has 0 aromatic carbocycles. The number of aromatic amines is 1. The molecule has 0 saturated heterocycles. The van der Waals surface area contributed by atoms with Crippen LogP contribution in [0.4, 0.5) is 5.82 Å². The minimum Gasteiger partial charge on any atom is -0.382 e. The number of aryl methyl sites for hydroxylation is 1. The van der Waals surface area contributed by atoms with E-state index in [1.807, 2.05) is 7.05 Å². The van der Waals surface area contributed by atoms with Gasteiger partial charge < -0.3 is 10.3 Å². The summed E-state index contributed by atoms with van der Waals surface area (Å²) in [5.41, 5.74) is 7.02. The van der Waals surface area contributed by atoms with Gasteiger partial charge in [0, 0.05) is 13.1 Å². The molecule has 0 unspecified atom stereocenters. The predicted molar refractivity (Wildman–Crippen MR) is 50.2 cm³/mol. The lowest BCUT2D eigenvalue weighted by Crippen LogP contribution is -1.89. The van der Waals surface area contributed by atoms with E-state index in [9.17, 15) is 0 Å². The second kappa shape index (κ2) is 2.77. The van der Waals surface area contributed by atoms with Crippen LogP contribution in [0.2, 0.25) is 5.15 Å². The Labute approximate surface area is 79.5 Å². The first-order valence-electron chi connectivity index (χ1n) is 3.66. The molecule has 2 aromatic heterocycles. The van der Waals surface area contributed by atoms with E-state index in [0.717, 1.165) is 11.4 Å². The van der Waals surface area contributed by atoms with Crippen molar-refractivity contribution >= 4 is 17.4 Å². The normalized spacial score (nSPS) is 10.6. The first-order chi connectivity index (χ1) is 6.18. The van der Waals surface area contributed by atoms with Crippen molar-refractivity contribution in [1.82, 2.24) is 19.7 Å². The van der Waals surface area contributed by atoms with Crippen LogP contribution in [0.25, 0.3) is 11.4 Å². The van der Waals surface area contributed by atoms with Crippen molar-refractivity contribution in [3.8, 4) is 11.4 Å². The predicted octanol–water partition coefficient (Wildman–Crippen LogP) is 1.05. The molecule has 2 heterocycles. The average Bonchev–Trinajstić information content (AvgIpc) is 2.60. The highest BCUT2D eigenvalue weighted by Gasteiger charge is 2.10. The third kappa shape index (κ3) is 1.27. The maximum Gasteiger partial charge on any atom is 0.156 e. The lowest BCUT2D eigenvalue weighted by atomic mass is 10.3. The third-order valence-electron chi connectivity index (χ3n) is 1.75. The van der Waals surface area contributed by atoms with E-state index < -0.39 is 0 Å². The van der Waals surface area contributed by atoms with Crippen molar-refractivity contribution < 1.29 is 0 Å². The number of aromatic nitrogens is 4. The molecule has 6 heteroatoms. The molecule has 5 nitrogen and oxygen atoms in total. The summed E-state index contributed by atoms with van der Waals surface area (Å²) in [7, 11) is 1.85. The van der Waals surface area contributed by atoms with Gasteiger partial charge in [-0.2, -0.15) is 5.10 Å². The van der Waals surface area contributed by atoms with Gasteiger partial charge in [0.1, 0.15) is 11.5 Å². The monoisotopic (exact) mass is 197 g/mol. The second-order valence-corrected chi connectivity index (χ2v) is 3.06. The van der Waals surface area contributed by atoms with Gasteiger partial charge in [-0.15, -0.1) is 0 Å². The molecule has 0 radical (unpaired) electrons. The van der Waals surface area contributed by atoms with Crippen molar-refractivity contribution in [2.24, 2.45) is 7.05 Å². The fourth-order valence-corrected chi connectivity index (χ4v) is 1.44. The standard InChI is InChI=1S/C7H8ClN5/c1-13-3-10-7(8)6(13)4-2-5(9)12-11-4/h2-3H,1H3,(H3,9,11,12). The molecule has 0 aliphatic rings. The molecule has 0 bridgehead atoms. The number of nitrogens with one attached hydrogen (secondary N) is 1. The highest BCUT2D eigenvalue weighted by atomic mass is 35.5. The smallest absolute Gasteiger partial charge is 0.156 e. The summed E-state index contributed by atoms with van der Waals surface area (Å²) in [5, 5.41) is 7.01.